The van der Waals surface area contributed by atoms with Gasteiger partial charge in [0.15, 0.2) is 0 Å². The van der Waals surface area contributed by atoms with Crippen molar-refractivity contribution in [3.63, 3.8) is 0 Å². The summed E-state index contributed by atoms with van der Waals surface area (Å²) in [6, 6.07) is 15.7. The molecule has 5 rings (SSSR count). The number of hydrogen-bond acceptors (Lipinski definition) is 4. The molecule has 148 valence electrons. The molecule has 2 heterocycles. The van der Waals surface area contributed by atoms with E-state index >= 15 is 0 Å². The first kappa shape index (κ1) is 17.9. The fraction of sp³-hybridized carbons (Fsp3) is 0.304. The van der Waals surface area contributed by atoms with Crippen molar-refractivity contribution in [1.82, 2.24) is 10.3 Å². The molecule has 1 fully saturated rings. The summed E-state index contributed by atoms with van der Waals surface area (Å²) in [7, 11) is 0. The van der Waals surface area contributed by atoms with Crippen molar-refractivity contribution >= 4 is 11.7 Å². The first-order valence-corrected chi connectivity index (χ1v) is 9.97. The van der Waals surface area contributed by atoms with E-state index in [-0.39, 0.29) is 17.5 Å². The maximum absolute atomic E-state index is 12.9. The van der Waals surface area contributed by atoms with E-state index in [2.05, 4.69) is 33.8 Å². The third kappa shape index (κ3) is 3.40. The van der Waals surface area contributed by atoms with Crippen molar-refractivity contribution < 1.29 is 13.9 Å². The predicted molar refractivity (Wildman–Crippen MR) is 109 cm³/mol. The molecule has 1 aromatic heterocycles. The van der Waals surface area contributed by atoms with Crippen LogP contribution in [0.3, 0.4) is 0 Å². The third-order valence-electron chi connectivity index (χ3n) is 6.08. The molecule has 1 aliphatic heterocycles. The first-order chi connectivity index (χ1) is 14.2. The Morgan fingerprint density at radius 1 is 1.10 bits per heavy atom. The number of ether oxygens (including phenoxy) is 1. The number of benzene rings is 2. The molecular weight excluding hydrogens is 366 g/mol. The van der Waals surface area contributed by atoms with E-state index in [1.165, 1.54) is 17.4 Å². The summed E-state index contributed by atoms with van der Waals surface area (Å²) in [4.78, 5) is 17.1. The Balaban J connectivity index is 1.36. The van der Waals surface area contributed by atoms with E-state index in [9.17, 15) is 4.79 Å². The van der Waals surface area contributed by atoms with Crippen molar-refractivity contribution in [2.45, 2.75) is 25.3 Å². The molecule has 0 bridgehead atoms. The Labute approximate surface area is 169 Å². The second-order valence-electron chi connectivity index (χ2n) is 7.80. The molecule has 29 heavy (non-hydrogen) atoms. The predicted octanol–water partition coefficient (Wildman–Crippen LogP) is 4.56. The molecule has 1 unspecified atom stereocenters. The number of carbonyl (C=O) groups excluding carboxylic acids is 1. The summed E-state index contributed by atoms with van der Waals surface area (Å²) < 4.78 is 11.0. The molecule has 2 aromatic carbocycles. The number of oxazole rings is 1. The van der Waals surface area contributed by atoms with Crippen LogP contribution < -0.4 is 10.6 Å². The second-order valence-corrected chi connectivity index (χ2v) is 7.80. The minimum absolute atomic E-state index is 0.0162. The standard InChI is InChI=1S/C23H23N3O3/c27-22(25-18-6-3-5-16(14-18)21-24-10-13-29-21)26-20-19-7-2-1-4-17(19)15-23(20)8-11-28-12-9-23/h1-7,10,13-14,20H,8-9,11-12,15H2,(H2,25,26,27). The zero-order valence-corrected chi connectivity index (χ0v) is 16.1. The molecule has 1 aliphatic carbocycles. The maximum Gasteiger partial charge on any atom is 0.319 e. The summed E-state index contributed by atoms with van der Waals surface area (Å²) in [5, 5.41) is 6.23. The zero-order valence-electron chi connectivity index (χ0n) is 16.1. The number of hydrogen-bond donors (Lipinski definition) is 2. The van der Waals surface area contributed by atoms with Crippen molar-refractivity contribution in [2.24, 2.45) is 5.41 Å². The van der Waals surface area contributed by atoms with Gasteiger partial charge in [-0.15, -0.1) is 0 Å². The van der Waals surface area contributed by atoms with E-state index in [1.807, 2.05) is 30.3 Å². The highest BCUT2D eigenvalue weighted by Crippen LogP contribution is 2.51. The van der Waals surface area contributed by atoms with E-state index < -0.39 is 0 Å². The molecule has 1 atom stereocenters. The van der Waals surface area contributed by atoms with Gasteiger partial charge >= 0.3 is 6.03 Å². The van der Waals surface area contributed by atoms with E-state index in [1.54, 1.807) is 6.20 Å². The summed E-state index contributed by atoms with van der Waals surface area (Å²) in [5.74, 6) is 0.528. The van der Waals surface area contributed by atoms with Crippen LogP contribution in [0.1, 0.15) is 30.0 Å². The van der Waals surface area contributed by atoms with Crippen LogP contribution in [0.15, 0.2) is 65.4 Å². The van der Waals surface area contributed by atoms with Crippen LogP contribution in [-0.2, 0) is 11.2 Å². The Morgan fingerprint density at radius 3 is 2.79 bits per heavy atom. The average Bonchev–Trinajstić information content (AvgIpc) is 3.37. The highest BCUT2D eigenvalue weighted by atomic mass is 16.5. The van der Waals surface area contributed by atoms with Crippen molar-refractivity contribution in [2.75, 3.05) is 18.5 Å². The second kappa shape index (κ2) is 7.37. The number of nitrogens with zero attached hydrogens (tertiary/aromatic N) is 1. The lowest BCUT2D eigenvalue weighted by molar-refractivity contribution is 0.00245. The highest BCUT2D eigenvalue weighted by molar-refractivity contribution is 5.90. The van der Waals surface area contributed by atoms with Gasteiger partial charge in [-0.25, -0.2) is 9.78 Å². The van der Waals surface area contributed by atoms with Gasteiger partial charge in [-0.05, 0) is 48.6 Å². The molecule has 0 radical (unpaired) electrons. The smallest absolute Gasteiger partial charge is 0.319 e. The lowest BCUT2D eigenvalue weighted by Crippen LogP contribution is -2.43. The molecule has 1 saturated heterocycles. The van der Waals surface area contributed by atoms with Crippen molar-refractivity contribution in [3.05, 3.63) is 72.1 Å². The average molecular weight is 389 g/mol. The largest absolute Gasteiger partial charge is 0.445 e. The van der Waals surface area contributed by atoms with Crippen molar-refractivity contribution in [3.8, 4) is 11.5 Å². The minimum atomic E-state index is -0.206. The first-order valence-electron chi connectivity index (χ1n) is 9.97. The number of fused-ring (bicyclic) bond motifs is 1. The molecule has 0 saturated carbocycles. The highest BCUT2D eigenvalue weighted by Gasteiger charge is 2.47. The minimum Gasteiger partial charge on any atom is -0.445 e. The number of carbonyl (C=O) groups is 1. The Morgan fingerprint density at radius 2 is 1.97 bits per heavy atom. The number of nitrogens with one attached hydrogen (secondary N) is 2. The van der Waals surface area contributed by atoms with Crippen LogP contribution in [0, 0.1) is 5.41 Å². The monoisotopic (exact) mass is 389 g/mol. The maximum atomic E-state index is 12.9. The molecule has 2 amide bonds. The number of rotatable bonds is 3. The number of aromatic nitrogens is 1. The lowest BCUT2D eigenvalue weighted by Gasteiger charge is -2.39. The molecule has 1 spiro atoms. The summed E-state index contributed by atoms with van der Waals surface area (Å²) in [6.07, 6.45) is 6.02. The SMILES string of the molecule is O=C(Nc1cccc(-c2ncco2)c1)NC1c2ccccc2CC12CCOCC2. The van der Waals surface area contributed by atoms with Gasteiger partial charge in [-0.1, -0.05) is 30.3 Å². The normalized spacial score (nSPS) is 19.7. The van der Waals surface area contributed by atoms with Crippen LogP contribution in [0.25, 0.3) is 11.5 Å². The summed E-state index contributed by atoms with van der Waals surface area (Å²) in [5.41, 5.74) is 4.09. The zero-order chi connectivity index (χ0) is 19.7. The van der Waals surface area contributed by atoms with Gasteiger partial charge in [0.1, 0.15) is 6.26 Å². The van der Waals surface area contributed by atoms with Crippen LogP contribution in [-0.4, -0.2) is 24.2 Å². The molecule has 3 aromatic rings. The number of anilines is 1. The van der Waals surface area contributed by atoms with Gasteiger partial charge in [0, 0.05) is 29.9 Å². The van der Waals surface area contributed by atoms with Gasteiger partial charge < -0.3 is 19.8 Å². The quantitative estimate of drug-likeness (QED) is 0.689. The van der Waals surface area contributed by atoms with Gasteiger partial charge in [-0.2, -0.15) is 0 Å². The molecule has 6 heteroatoms. The summed E-state index contributed by atoms with van der Waals surface area (Å²) in [6.45, 7) is 1.48. The molecular formula is C23H23N3O3. The Hall–Kier alpha value is -3.12. The Kier molecular flexibility index (Phi) is 4.56. The van der Waals surface area contributed by atoms with Gasteiger partial charge in [-0.3, -0.25) is 0 Å². The fourth-order valence-corrected chi connectivity index (χ4v) is 4.66. The van der Waals surface area contributed by atoms with Crippen LogP contribution in [0.2, 0.25) is 0 Å². The molecule has 2 aliphatic rings. The van der Waals surface area contributed by atoms with Gasteiger partial charge in [0.25, 0.3) is 0 Å². The topological polar surface area (TPSA) is 76.4 Å². The summed E-state index contributed by atoms with van der Waals surface area (Å²) >= 11 is 0. The Bertz CT molecular complexity index is 1010. The van der Waals surface area contributed by atoms with E-state index in [0.29, 0.717) is 11.6 Å². The third-order valence-corrected chi connectivity index (χ3v) is 6.08. The lowest BCUT2D eigenvalue weighted by atomic mass is 9.74. The number of urea groups is 1. The van der Waals surface area contributed by atoms with E-state index in [0.717, 1.165) is 38.0 Å². The number of amides is 2. The van der Waals surface area contributed by atoms with Crippen LogP contribution in [0.4, 0.5) is 10.5 Å². The van der Waals surface area contributed by atoms with Crippen LogP contribution >= 0.6 is 0 Å². The fourth-order valence-electron chi connectivity index (χ4n) is 4.66. The van der Waals surface area contributed by atoms with Crippen molar-refractivity contribution in [1.29, 1.82) is 0 Å². The van der Waals surface area contributed by atoms with E-state index in [4.69, 9.17) is 9.15 Å². The molecule has 6 nitrogen and oxygen atoms in total. The van der Waals surface area contributed by atoms with Crippen LogP contribution in [0.5, 0.6) is 0 Å². The van der Waals surface area contributed by atoms with Gasteiger partial charge in [0.05, 0.1) is 12.2 Å². The van der Waals surface area contributed by atoms with Gasteiger partial charge in [0.2, 0.25) is 5.89 Å². The molecule has 2 N–H and O–H groups in total.